The summed E-state index contributed by atoms with van der Waals surface area (Å²) < 4.78 is 4.22. The molecule has 0 saturated carbocycles. The van der Waals surface area contributed by atoms with Gasteiger partial charge in [0.2, 0.25) is 5.91 Å². The molecule has 0 aliphatic rings. The van der Waals surface area contributed by atoms with Crippen LogP contribution in [0.15, 0.2) is 22.3 Å². The summed E-state index contributed by atoms with van der Waals surface area (Å²) in [5.41, 5.74) is 1.34. The van der Waals surface area contributed by atoms with E-state index in [2.05, 4.69) is 23.8 Å². The fraction of sp³-hybridized carbons (Fsp3) is 0.526. The van der Waals surface area contributed by atoms with E-state index < -0.39 is 0 Å². The van der Waals surface area contributed by atoms with Crippen molar-refractivity contribution < 1.29 is 4.79 Å². The van der Waals surface area contributed by atoms with Crippen LogP contribution in [0, 0.1) is 6.92 Å². The zero-order valence-corrected chi connectivity index (χ0v) is 17.3. The molecule has 3 heterocycles. The zero-order valence-electron chi connectivity index (χ0n) is 16.4. The number of aryl methyl sites for hydroxylation is 1. The van der Waals surface area contributed by atoms with Crippen LogP contribution in [0.2, 0.25) is 0 Å². The van der Waals surface area contributed by atoms with Crippen LogP contribution in [0.3, 0.4) is 0 Å². The van der Waals surface area contributed by atoms with Gasteiger partial charge in [0.25, 0.3) is 5.56 Å². The van der Waals surface area contributed by atoms with Gasteiger partial charge in [0.1, 0.15) is 17.9 Å². The van der Waals surface area contributed by atoms with Gasteiger partial charge in [-0.1, -0.05) is 13.8 Å². The van der Waals surface area contributed by atoms with Crippen molar-refractivity contribution in [3.63, 3.8) is 0 Å². The first-order valence-corrected chi connectivity index (χ1v) is 10.3. The summed E-state index contributed by atoms with van der Waals surface area (Å²) in [4.78, 5) is 29.7. The molecule has 0 aliphatic carbocycles. The van der Waals surface area contributed by atoms with E-state index in [1.54, 1.807) is 16.2 Å². The van der Waals surface area contributed by atoms with E-state index in [0.717, 1.165) is 29.9 Å². The van der Waals surface area contributed by atoms with Gasteiger partial charge < -0.3 is 9.80 Å². The predicted octanol–water partition coefficient (Wildman–Crippen LogP) is 2.21. The van der Waals surface area contributed by atoms with Gasteiger partial charge in [0, 0.05) is 19.6 Å². The summed E-state index contributed by atoms with van der Waals surface area (Å²) in [6, 6.07) is 3.87. The van der Waals surface area contributed by atoms with Gasteiger partial charge >= 0.3 is 0 Å². The van der Waals surface area contributed by atoms with Crippen molar-refractivity contribution in [2.75, 3.05) is 32.7 Å². The zero-order chi connectivity index (χ0) is 19.6. The van der Waals surface area contributed by atoms with Crippen molar-refractivity contribution in [1.82, 2.24) is 24.0 Å². The Morgan fingerprint density at radius 2 is 1.89 bits per heavy atom. The molecular formula is C19H27N5O2S. The number of nitrogens with zero attached hydrogens (tertiary/aromatic N) is 5. The number of carbonyl (C=O) groups is 1. The lowest BCUT2D eigenvalue weighted by Gasteiger charge is -2.25. The summed E-state index contributed by atoms with van der Waals surface area (Å²) >= 11 is 1.60. The fourth-order valence-electron chi connectivity index (χ4n) is 3.42. The summed E-state index contributed by atoms with van der Waals surface area (Å²) in [6.07, 6.45) is 0. The number of hydrogen-bond donors (Lipinski definition) is 0. The monoisotopic (exact) mass is 389 g/mol. The molecule has 0 bridgehead atoms. The van der Waals surface area contributed by atoms with Crippen LogP contribution >= 0.6 is 11.3 Å². The number of fused-ring (bicyclic) bond motifs is 3. The maximum absolute atomic E-state index is 12.9. The third-order valence-electron chi connectivity index (χ3n) is 5.07. The molecule has 8 heteroatoms. The Labute approximate surface area is 162 Å². The Kier molecular flexibility index (Phi) is 5.96. The highest BCUT2D eigenvalue weighted by molar-refractivity contribution is 7.17. The minimum atomic E-state index is -0.225. The Morgan fingerprint density at radius 3 is 2.56 bits per heavy atom. The van der Waals surface area contributed by atoms with Crippen molar-refractivity contribution in [3.05, 3.63) is 33.7 Å². The first-order valence-electron chi connectivity index (χ1n) is 9.46. The molecular weight excluding hydrogens is 362 g/mol. The molecule has 0 radical (unpaired) electrons. The Hall–Kier alpha value is -2.19. The van der Waals surface area contributed by atoms with Crippen molar-refractivity contribution in [3.8, 4) is 0 Å². The van der Waals surface area contributed by atoms with Crippen LogP contribution in [0.4, 0.5) is 0 Å². The third kappa shape index (κ3) is 3.77. The number of hydrogen-bond acceptors (Lipinski definition) is 5. The number of aromatic nitrogens is 3. The van der Waals surface area contributed by atoms with E-state index in [9.17, 15) is 9.59 Å². The van der Waals surface area contributed by atoms with Crippen LogP contribution in [-0.4, -0.2) is 62.6 Å². The number of likely N-dealkylation sites (N-methyl/N-ethyl adjacent to an activating group) is 2. The van der Waals surface area contributed by atoms with Gasteiger partial charge in [-0.15, -0.1) is 11.3 Å². The fourth-order valence-corrected chi connectivity index (χ4v) is 4.23. The minimum absolute atomic E-state index is 0.0267. The Balaban J connectivity index is 1.83. The van der Waals surface area contributed by atoms with Crippen molar-refractivity contribution in [1.29, 1.82) is 0 Å². The van der Waals surface area contributed by atoms with Gasteiger partial charge in [-0.25, -0.2) is 4.68 Å². The number of thiophene rings is 1. The highest BCUT2D eigenvalue weighted by Crippen LogP contribution is 2.24. The van der Waals surface area contributed by atoms with Crippen LogP contribution in [-0.2, 0) is 11.3 Å². The van der Waals surface area contributed by atoms with E-state index in [0.29, 0.717) is 24.4 Å². The van der Waals surface area contributed by atoms with Gasteiger partial charge in [-0.05, 0) is 44.4 Å². The first-order chi connectivity index (χ1) is 13.0. The molecule has 146 valence electrons. The van der Waals surface area contributed by atoms with E-state index in [1.807, 2.05) is 35.8 Å². The van der Waals surface area contributed by atoms with E-state index >= 15 is 0 Å². The molecule has 0 fully saturated rings. The van der Waals surface area contributed by atoms with E-state index in [-0.39, 0.29) is 18.0 Å². The average molecular weight is 390 g/mol. The second-order valence-electron chi connectivity index (χ2n) is 6.55. The maximum atomic E-state index is 12.9. The van der Waals surface area contributed by atoms with E-state index in [4.69, 9.17) is 0 Å². The maximum Gasteiger partial charge on any atom is 0.291 e. The van der Waals surface area contributed by atoms with Crippen LogP contribution in [0.5, 0.6) is 0 Å². The molecule has 0 unspecified atom stereocenters. The molecule has 0 aliphatic heterocycles. The van der Waals surface area contributed by atoms with Gasteiger partial charge in [-0.2, -0.15) is 5.10 Å². The molecule has 3 aromatic heterocycles. The Bertz CT molecular complexity index is 999. The van der Waals surface area contributed by atoms with Crippen molar-refractivity contribution in [2.45, 2.75) is 34.2 Å². The molecule has 0 spiro atoms. The standard InChI is InChI=1S/C19H27N5O2S/c1-5-21(6-2)9-10-22(7-3)18(25)13-23-19(26)16-12-17-15(8-11-27-17)24(16)14(4)20-23/h8,11-12H,5-7,9-10,13H2,1-4H3. The second kappa shape index (κ2) is 8.22. The molecule has 0 N–H and O–H groups in total. The molecule has 7 nitrogen and oxygen atoms in total. The van der Waals surface area contributed by atoms with E-state index in [1.165, 1.54) is 4.68 Å². The van der Waals surface area contributed by atoms with Crippen LogP contribution in [0.1, 0.15) is 26.6 Å². The lowest BCUT2D eigenvalue weighted by molar-refractivity contribution is -0.132. The molecule has 0 saturated heterocycles. The second-order valence-corrected chi connectivity index (χ2v) is 7.49. The lowest BCUT2D eigenvalue weighted by atomic mass is 10.4. The quantitative estimate of drug-likeness (QED) is 0.593. The molecule has 3 aromatic rings. The summed E-state index contributed by atoms with van der Waals surface area (Å²) in [5, 5.41) is 6.40. The lowest BCUT2D eigenvalue weighted by Crippen LogP contribution is -2.42. The third-order valence-corrected chi connectivity index (χ3v) is 5.92. The van der Waals surface area contributed by atoms with Crippen molar-refractivity contribution in [2.24, 2.45) is 0 Å². The topological polar surface area (TPSA) is 62.9 Å². The van der Waals surface area contributed by atoms with Gasteiger partial charge in [0.15, 0.2) is 0 Å². The molecule has 0 aromatic carbocycles. The molecule has 27 heavy (non-hydrogen) atoms. The smallest absolute Gasteiger partial charge is 0.291 e. The SMILES string of the molecule is CCN(CC)CCN(CC)C(=O)Cn1nc(C)n2c(cc3sccc32)c1=O. The summed E-state index contributed by atoms with van der Waals surface area (Å²) in [6.45, 7) is 12.1. The number of carbonyl (C=O) groups excluding carboxylic acids is 1. The molecule has 0 atom stereocenters. The summed E-state index contributed by atoms with van der Waals surface area (Å²) in [7, 11) is 0. The highest BCUT2D eigenvalue weighted by Gasteiger charge is 2.18. The molecule has 1 amide bonds. The molecule has 3 rings (SSSR count). The average Bonchev–Trinajstić information content (AvgIpc) is 3.24. The minimum Gasteiger partial charge on any atom is -0.340 e. The number of amides is 1. The van der Waals surface area contributed by atoms with Crippen LogP contribution in [0.25, 0.3) is 15.7 Å². The van der Waals surface area contributed by atoms with Gasteiger partial charge in [0.05, 0.1) is 10.2 Å². The van der Waals surface area contributed by atoms with Gasteiger partial charge in [-0.3, -0.25) is 14.0 Å². The van der Waals surface area contributed by atoms with Crippen LogP contribution < -0.4 is 5.56 Å². The largest absolute Gasteiger partial charge is 0.340 e. The van der Waals surface area contributed by atoms with Crippen molar-refractivity contribution >= 4 is 33.0 Å². The number of rotatable bonds is 8. The Morgan fingerprint density at radius 1 is 1.15 bits per heavy atom. The first kappa shape index (κ1) is 19.6. The predicted molar refractivity (Wildman–Crippen MR) is 110 cm³/mol. The summed E-state index contributed by atoms with van der Waals surface area (Å²) in [5.74, 6) is 0.633. The normalized spacial score (nSPS) is 11.7. The highest BCUT2D eigenvalue weighted by atomic mass is 32.1.